The zero-order valence-electron chi connectivity index (χ0n) is 10.9. The number of hydrogen-bond donors (Lipinski definition) is 0. The SMILES string of the molecule is COC(=O)C1CC(=O)N(c2ccc(C(F)(F)F)c(F)c2)C1. The number of carbonyl (C=O) groups excluding carboxylic acids is 2. The summed E-state index contributed by atoms with van der Waals surface area (Å²) in [4.78, 5) is 24.2. The number of nitrogens with zero attached hydrogens (tertiary/aromatic N) is 1. The number of esters is 1. The monoisotopic (exact) mass is 305 g/mol. The number of methoxy groups -OCH3 is 1. The Morgan fingerprint density at radius 2 is 2.05 bits per heavy atom. The number of alkyl halides is 3. The molecule has 21 heavy (non-hydrogen) atoms. The third-order valence-electron chi connectivity index (χ3n) is 3.23. The molecule has 1 saturated heterocycles. The molecular formula is C13H11F4NO3. The smallest absolute Gasteiger partial charge is 0.419 e. The zero-order valence-corrected chi connectivity index (χ0v) is 10.9. The molecule has 1 aliphatic heterocycles. The van der Waals surface area contributed by atoms with E-state index in [1.807, 2.05) is 0 Å². The minimum atomic E-state index is -4.80. The van der Waals surface area contributed by atoms with Crippen molar-refractivity contribution in [2.45, 2.75) is 12.6 Å². The highest BCUT2D eigenvalue weighted by atomic mass is 19.4. The van der Waals surface area contributed by atoms with Gasteiger partial charge in [-0.15, -0.1) is 0 Å². The van der Waals surface area contributed by atoms with E-state index in [2.05, 4.69) is 4.74 Å². The lowest BCUT2D eigenvalue weighted by molar-refractivity contribution is -0.145. The quantitative estimate of drug-likeness (QED) is 0.622. The fraction of sp³-hybridized carbons (Fsp3) is 0.385. The van der Waals surface area contributed by atoms with Gasteiger partial charge in [0.1, 0.15) is 5.82 Å². The van der Waals surface area contributed by atoms with Gasteiger partial charge in [-0.05, 0) is 18.2 Å². The van der Waals surface area contributed by atoms with Crippen LogP contribution in [0.4, 0.5) is 23.2 Å². The highest BCUT2D eigenvalue weighted by Gasteiger charge is 2.38. The van der Waals surface area contributed by atoms with Gasteiger partial charge in [0.15, 0.2) is 0 Å². The van der Waals surface area contributed by atoms with Crippen LogP contribution in [0.3, 0.4) is 0 Å². The fourth-order valence-electron chi connectivity index (χ4n) is 2.18. The Kier molecular flexibility index (Phi) is 3.89. The van der Waals surface area contributed by atoms with E-state index in [1.165, 1.54) is 7.11 Å². The largest absolute Gasteiger partial charge is 0.469 e. The molecule has 0 N–H and O–H groups in total. The van der Waals surface area contributed by atoms with Crippen molar-refractivity contribution in [3.05, 3.63) is 29.6 Å². The molecule has 1 amide bonds. The normalized spacial score (nSPS) is 19.0. The van der Waals surface area contributed by atoms with E-state index >= 15 is 0 Å². The summed E-state index contributed by atoms with van der Waals surface area (Å²) in [6.07, 6.45) is -4.92. The molecule has 2 rings (SSSR count). The Morgan fingerprint density at radius 1 is 1.38 bits per heavy atom. The van der Waals surface area contributed by atoms with Gasteiger partial charge in [-0.1, -0.05) is 0 Å². The molecule has 114 valence electrons. The number of benzene rings is 1. The number of amides is 1. The van der Waals surface area contributed by atoms with Crippen molar-refractivity contribution < 1.29 is 31.9 Å². The standard InChI is InChI=1S/C13H11F4NO3/c1-21-12(20)7-4-11(19)18(6-7)8-2-3-9(10(14)5-8)13(15,16)17/h2-3,5,7H,4,6H2,1H3. The van der Waals surface area contributed by atoms with Gasteiger partial charge in [0, 0.05) is 18.7 Å². The third kappa shape index (κ3) is 2.98. The lowest BCUT2D eigenvalue weighted by Gasteiger charge is -2.17. The summed E-state index contributed by atoms with van der Waals surface area (Å²) in [6.45, 7) is -0.0453. The van der Waals surface area contributed by atoms with Gasteiger partial charge in [-0.25, -0.2) is 4.39 Å². The van der Waals surface area contributed by atoms with Crippen LogP contribution in [0, 0.1) is 11.7 Å². The molecule has 1 aliphatic rings. The van der Waals surface area contributed by atoms with Crippen LogP contribution in [-0.2, 0) is 20.5 Å². The summed E-state index contributed by atoms with van der Waals surface area (Å²) in [6, 6.07) is 2.22. The number of rotatable bonds is 2. The third-order valence-corrected chi connectivity index (χ3v) is 3.23. The van der Waals surface area contributed by atoms with E-state index in [0.29, 0.717) is 12.1 Å². The number of hydrogen-bond acceptors (Lipinski definition) is 3. The molecule has 0 spiro atoms. The van der Waals surface area contributed by atoms with Gasteiger partial charge in [-0.2, -0.15) is 13.2 Å². The van der Waals surface area contributed by atoms with Gasteiger partial charge in [0.05, 0.1) is 18.6 Å². The van der Waals surface area contributed by atoms with Crippen molar-refractivity contribution >= 4 is 17.6 Å². The van der Waals surface area contributed by atoms with Gasteiger partial charge < -0.3 is 9.64 Å². The van der Waals surface area contributed by atoms with E-state index in [9.17, 15) is 27.2 Å². The summed E-state index contributed by atoms with van der Waals surface area (Å²) in [5.41, 5.74) is -1.42. The molecule has 0 radical (unpaired) electrons. The van der Waals surface area contributed by atoms with Crippen LogP contribution in [0.15, 0.2) is 18.2 Å². The highest BCUT2D eigenvalue weighted by Crippen LogP contribution is 2.34. The first kappa shape index (κ1) is 15.3. The lowest BCUT2D eigenvalue weighted by Crippen LogP contribution is -2.26. The molecule has 1 fully saturated rings. The van der Waals surface area contributed by atoms with Crippen molar-refractivity contribution in [1.82, 2.24) is 0 Å². The summed E-state index contributed by atoms with van der Waals surface area (Å²) in [5.74, 6) is -3.22. The second-order valence-corrected chi connectivity index (χ2v) is 4.59. The van der Waals surface area contributed by atoms with E-state index in [4.69, 9.17) is 0 Å². The van der Waals surface area contributed by atoms with Crippen molar-refractivity contribution in [2.24, 2.45) is 5.92 Å². The average Bonchev–Trinajstić information content (AvgIpc) is 2.78. The molecule has 1 heterocycles. The predicted molar refractivity (Wildman–Crippen MR) is 63.9 cm³/mol. The highest BCUT2D eigenvalue weighted by molar-refractivity contribution is 5.99. The maximum atomic E-state index is 13.5. The zero-order chi connectivity index (χ0) is 15.8. The summed E-state index contributed by atoms with van der Waals surface area (Å²) in [7, 11) is 1.17. The molecule has 1 aromatic carbocycles. The van der Waals surface area contributed by atoms with Crippen molar-refractivity contribution in [3.63, 3.8) is 0 Å². The molecule has 1 unspecified atom stereocenters. The maximum Gasteiger partial charge on any atom is 0.419 e. The van der Waals surface area contributed by atoms with E-state index < -0.39 is 35.4 Å². The number of halogens is 4. The van der Waals surface area contributed by atoms with E-state index in [1.54, 1.807) is 0 Å². The molecule has 0 bridgehead atoms. The number of carbonyl (C=O) groups is 2. The number of ether oxygens (including phenoxy) is 1. The van der Waals surface area contributed by atoms with Gasteiger partial charge in [0.25, 0.3) is 0 Å². The van der Waals surface area contributed by atoms with Crippen LogP contribution >= 0.6 is 0 Å². The Morgan fingerprint density at radius 3 is 2.57 bits per heavy atom. The Labute approximate surface area is 117 Å². The van der Waals surface area contributed by atoms with Crippen molar-refractivity contribution in [2.75, 3.05) is 18.6 Å². The second kappa shape index (κ2) is 5.34. The van der Waals surface area contributed by atoms with Gasteiger partial charge in [0.2, 0.25) is 5.91 Å². The minimum absolute atomic E-state index is 0.0168. The summed E-state index contributed by atoms with van der Waals surface area (Å²) < 4.78 is 55.4. The molecule has 0 saturated carbocycles. The fourth-order valence-corrected chi connectivity index (χ4v) is 2.18. The summed E-state index contributed by atoms with van der Waals surface area (Å²) in [5, 5.41) is 0. The average molecular weight is 305 g/mol. The van der Waals surface area contributed by atoms with Crippen LogP contribution in [0.25, 0.3) is 0 Å². The Hall–Kier alpha value is -2.12. The molecule has 4 nitrogen and oxygen atoms in total. The lowest BCUT2D eigenvalue weighted by atomic mass is 10.1. The van der Waals surface area contributed by atoms with E-state index in [-0.39, 0.29) is 18.7 Å². The topological polar surface area (TPSA) is 46.6 Å². The van der Waals surface area contributed by atoms with Crippen LogP contribution in [0.2, 0.25) is 0 Å². The van der Waals surface area contributed by atoms with Crippen LogP contribution in [-0.4, -0.2) is 25.5 Å². The van der Waals surface area contributed by atoms with Crippen LogP contribution < -0.4 is 4.90 Å². The Balaban J connectivity index is 2.26. The molecular weight excluding hydrogens is 294 g/mol. The van der Waals surface area contributed by atoms with Crippen LogP contribution in [0.5, 0.6) is 0 Å². The van der Waals surface area contributed by atoms with Crippen LogP contribution in [0.1, 0.15) is 12.0 Å². The second-order valence-electron chi connectivity index (χ2n) is 4.59. The minimum Gasteiger partial charge on any atom is -0.469 e. The van der Waals surface area contributed by atoms with Gasteiger partial charge in [-0.3, -0.25) is 9.59 Å². The van der Waals surface area contributed by atoms with Crippen molar-refractivity contribution in [3.8, 4) is 0 Å². The van der Waals surface area contributed by atoms with E-state index in [0.717, 1.165) is 11.0 Å². The summed E-state index contributed by atoms with van der Waals surface area (Å²) >= 11 is 0. The van der Waals surface area contributed by atoms with Crippen molar-refractivity contribution in [1.29, 1.82) is 0 Å². The molecule has 8 heteroatoms. The molecule has 1 aromatic rings. The first-order chi connectivity index (χ1) is 9.74. The molecule has 0 aromatic heterocycles. The predicted octanol–water partition coefficient (Wildman–Crippen LogP) is 2.37. The maximum absolute atomic E-state index is 13.5. The Bertz CT molecular complexity index is 585. The molecule has 0 aliphatic carbocycles. The van der Waals surface area contributed by atoms with Gasteiger partial charge >= 0.3 is 12.1 Å². The first-order valence-electron chi connectivity index (χ1n) is 5.99. The molecule has 1 atom stereocenters. The first-order valence-corrected chi connectivity index (χ1v) is 5.99. The number of anilines is 1.